The molecule has 0 aliphatic heterocycles. The number of methoxy groups -OCH3 is 1. The minimum absolute atomic E-state index is 0.176. The number of sulfonamides is 1. The van der Waals surface area contributed by atoms with Gasteiger partial charge in [-0.05, 0) is 24.7 Å². The van der Waals surface area contributed by atoms with Crippen LogP contribution in [0.5, 0.6) is 5.75 Å². The highest BCUT2D eigenvalue weighted by atomic mass is 32.2. The molecule has 0 fully saturated rings. The maximum Gasteiger partial charge on any atom is 0.244 e. The van der Waals surface area contributed by atoms with Crippen LogP contribution in [0.3, 0.4) is 0 Å². The molecule has 0 amide bonds. The van der Waals surface area contributed by atoms with Gasteiger partial charge in [-0.15, -0.1) is 0 Å². The van der Waals surface area contributed by atoms with Gasteiger partial charge in [0.2, 0.25) is 10.0 Å². The average Bonchev–Trinajstić information content (AvgIpc) is 2.29. The van der Waals surface area contributed by atoms with E-state index in [1.807, 2.05) is 13.1 Å². The molecule has 5 nitrogen and oxygen atoms in total. The summed E-state index contributed by atoms with van der Waals surface area (Å²) < 4.78 is 31.4. The molecule has 0 spiro atoms. The fourth-order valence-electron chi connectivity index (χ4n) is 1.51. The predicted molar refractivity (Wildman–Crippen MR) is 66.6 cm³/mol. The fourth-order valence-corrected chi connectivity index (χ4v) is 2.77. The molecule has 2 N–H and O–H groups in total. The first-order valence-electron chi connectivity index (χ1n) is 5.36. The van der Waals surface area contributed by atoms with Crippen molar-refractivity contribution in [1.82, 2.24) is 10.0 Å². The summed E-state index contributed by atoms with van der Waals surface area (Å²) in [5, 5.41) is 2.98. The number of hydrogen-bond donors (Lipinski definition) is 2. The predicted octanol–water partition coefficient (Wildman–Crippen LogP) is 0.713. The van der Waals surface area contributed by atoms with E-state index >= 15 is 0 Å². The summed E-state index contributed by atoms with van der Waals surface area (Å²) in [6.45, 7) is 2.70. The number of ether oxygens (including phenoxy) is 1. The second-order valence-electron chi connectivity index (χ2n) is 3.52. The molecule has 1 aromatic carbocycles. The van der Waals surface area contributed by atoms with Gasteiger partial charge in [0.25, 0.3) is 0 Å². The van der Waals surface area contributed by atoms with Crippen LogP contribution < -0.4 is 14.8 Å². The van der Waals surface area contributed by atoms with Gasteiger partial charge in [0.1, 0.15) is 10.6 Å². The lowest BCUT2D eigenvalue weighted by Crippen LogP contribution is -2.24. The minimum Gasteiger partial charge on any atom is -0.495 e. The van der Waals surface area contributed by atoms with E-state index in [9.17, 15) is 8.42 Å². The molecule has 0 aromatic heterocycles. The van der Waals surface area contributed by atoms with Crippen LogP contribution in [0.1, 0.15) is 12.5 Å². The third kappa shape index (κ3) is 3.42. The van der Waals surface area contributed by atoms with Crippen molar-refractivity contribution in [1.29, 1.82) is 0 Å². The van der Waals surface area contributed by atoms with E-state index in [-0.39, 0.29) is 4.90 Å². The van der Waals surface area contributed by atoms with E-state index in [1.165, 1.54) is 7.11 Å². The molecular weight excluding hydrogens is 240 g/mol. The molecule has 0 aliphatic rings. The standard InChI is InChI=1S/C11H18N2O3S/c1-4-13-17(14,15)11-7-9(8-12-2)5-6-10(11)16-3/h5-7,12-13H,4,8H2,1-3H3. The van der Waals surface area contributed by atoms with Crippen LogP contribution in [0.2, 0.25) is 0 Å². The van der Waals surface area contributed by atoms with Crippen molar-refractivity contribution >= 4 is 10.0 Å². The van der Waals surface area contributed by atoms with Gasteiger partial charge in [0.15, 0.2) is 0 Å². The van der Waals surface area contributed by atoms with Crippen molar-refractivity contribution in [2.24, 2.45) is 0 Å². The second-order valence-corrected chi connectivity index (χ2v) is 5.25. The van der Waals surface area contributed by atoms with Gasteiger partial charge in [-0.2, -0.15) is 0 Å². The quantitative estimate of drug-likeness (QED) is 0.788. The Morgan fingerprint density at radius 3 is 2.59 bits per heavy atom. The Bertz CT molecular complexity index is 472. The lowest BCUT2D eigenvalue weighted by Gasteiger charge is -2.11. The molecule has 0 radical (unpaired) electrons. The largest absolute Gasteiger partial charge is 0.495 e. The van der Waals surface area contributed by atoms with Gasteiger partial charge in [-0.3, -0.25) is 0 Å². The van der Waals surface area contributed by atoms with Gasteiger partial charge in [0, 0.05) is 13.1 Å². The molecule has 0 bridgehead atoms. The summed E-state index contributed by atoms with van der Waals surface area (Å²) in [4.78, 5) is 0.176. The first-order chi connectivity index (χ1) is 8.05. The number of nitrogens with one attached hydrogen (secondary N) is 2. The van der Waals surface area contributed by atoms with Crippen LogP contribution >= 0.6 is 0 Å². The molecule has 0 saturated carbocycles. The topological polar surface area (TPSA) is 67.4 Å². The van der Waals surface area contributed by atoms with E-state index in [0.717, 1.165) is 5.56 Å². The summed E-state index contributed by atoms with van der Waals surface area (Å²) in [7, 11) is -0.232. The summed E-state index contributed by atoms with van der Waals surface area (Å²) in [5.41, 5.74) is 0.893. The SMILES string of the molecule is CCNS(=O)(=O)c1cc(CNC)ccc1OC. The minimum atomic E-state index is -3.50. The van der Waals surface area contributed by atoms with Crippen LogP contribution in [0.15, 0.2) is 23.1 Å². The number of hydrogen-bond acceptors (Lipinski definition) is 4. The second kappa shape index (κ2) is 6.00. The zero-order chi connectivity index (χ0) is 12.9. The summed E-state index contributed by atoms with van der Waals surface area (Å²) in [6.07, 6.45) is 0. The van der Waals surface area contributed by atoms with Crippen LogP contribution in [0.25, 0.3) is 0 Å². The Morgan fingerprint density at radius 1 is 1.35 bits per heavy atom. The highest BCUT2D eigenvalue weighted by Gasteiger charge is 2.18. The van der Waals surface area contributed by atoms with Gasteiger partial charge >= 0.3 is 0 Å². The zero-order valence-electron chi connectivity index (χ0n) is 10.3. The van der Waals surface area contributed by atoms with Crippen molar-refractivity contribution in [3.63, 3.8) is 0 Å². The molecule has 0 unspecified atom stereocenters. The van der Waals surface area contributed by atoms with E-state index in [0.29, 0.717) is 18.8 Å². The molecule has 0 heterocycles. The summed E-state index contributed by atoms with van der Waals surface area (Å²) in [6, 6.07) is 5.12. The molecule has 0 aliphatic carbocycles. The summed E-state index contributed by atoms with van der Waals surface area (Å²) >= 11 is 0. The third-order valence-corrected chi connectivity index (χ3v) is 3.80. The molecule has 1 rings (SSSR count). The smallest absolute Gasteiger partial charge is 0.244 e. The molecule has 0 saturated heterocycles. The fraction of sp³-hybridized carbons (Fsp3) is 0.455. The van der Waals surface area contributed by atoms with Crippen molar-refractivity contribution < 1.29 is 13.2 Å². The lowest BCUT2D eigenvalue weighted by molar-refractivity contribution is 0.402. The van der Waals surface area contributed by atoms with Gasteiger partial charge < -0.3 is 10.1 Å². The third-order valence-electron chi connectivity index (χ3n) is 2.23. The Hall–Kier alpha value is -1.11. The first kappa shape index (κ1) is 14.0. The van der Waals surface area contributed by atoms with Gasteiger partial charge in [-0.25, -0.2) is 13.1 Å². The highest BCUT2D eigenvalue weighted by molar-refractivity contribution is 7.89. The maximum absolute atomic E-state index is 12.0. The van der Waals surface area contributed by atoms with Crippen molar-refractivity contribution in [3.8, 4) is 5.75 Å². The monoisotopic (exact) mass is 258 g/mol. The number of benzene rings is 1. The molecule has 1 aromatic rings. The van der Waals surface area contributed by atoms with Gasteiger partial charge in [-0.1, -0.05) is 13.0 Å². The van der Waals surface area contributed by atoms with Gasteiger partial charge in [0.05, 0.1) is 7.11 Å². The van der Waals surface area contributed by atoms with Crippen molar-refractivity contribution in [3.05, 3.63) is 23.8 Å². The lowest BCUT2D eigenvalue weighted by atomic mass is 10.2. The summed E-state index contributed by atoms with van der Waals surface area (Å²) in [5.74, 6) is 0.353. The molecule has 17 heavy (non-hydrogen) atoms. The maximum atomic E-state index is 12.0. The Labute approximate surface area is 102 Å². The Balaban J connectivity index is 3.23. The average molecular weight is 258 g/mol. The van der Waals surface area contributed by atoms with E-state index in [2.05, 4.69) is 10.0 Å². The van der Waals surface area contributed by atoms with Crippen LogP contribution in [0.4, 0.5) is 0 Å². The normalized spacial score (nSPS) is 11.5. The molecule has 96 valence electrons. The van der Waals surface area contributed by atoms with Crippen LogP contribution in [-0.4, -0.2) is 29.1 Å². The zero-order valence-corrected chi connectivity index (χ0v) is 11.1. The van der Waals surface area contributed by atoms with Crippen molar-refractivity contribution in [2.75, 3.05) is 20.7 Å². The van der Waals surface area contributed by atoms with E-state index in [4.69, 9.17) is 4.74 Å². The number of rotatable bonds is 6. The van der Waals surface area contributed by atoms with Crippen LogP contribution in [0, 0.1) is 0 Å². The van der Waals surface area contributed by atoms with Crippen LogP contribution in [-0.2, 0) is 16.6 Å². The van der Waals surface area contributed by atoms with Crippen molar-refractivity contribution in [2.45, 2.75) is 18.4 Å². The van der Waals surface area contributed by atoms with E-state index < -0.39 is 10.0 Å². The molecule has 0 atom stereocenters. The Morgan fingerprint density at radius 2 is 2.06 bits per heavy atom. The van der Waals surface area contributed by atoms with E-state index in [1.54, 1.807) is 19.1 Å². The molecule has 6 heteroatoms. The molecular formula is C11H18N2O3S. The first-order valence-corrected chi connectivity index (χ1v) is 6.84. The Kier molecular flexibility index (Phi) is 4.92. The highest BCUT2D eigenvalue weighted by Crippen LogP contribution is 2.24.